The second kappa shape index (κ2) is 9.84. The molecule has 2 N–H and O–H groups in total. The summed E-state index contributed by atoms with van der Waals surface area (Å²) in [5.74, 6) is -0.592. The number of hydrogen-bond acceptors (Lipinski definition) is 5. The van der Waals surface area contributed by atoms with Crippen molar-refractivity contribution in [3.05, 3.63) is 45.9 Å². The van der Waals surface area contributed by atoms with E-state index in [1.807, 2.05) is 6.92 Å². The molecule has 0 radical (unpaired) electrons. The molecule has 0 unspecified atom stereocenters. The monoisotopic (exact) mass is 434 g/mol. The van der Waals surface area contributed by atoms with Crippen LogP contribution in [0.1, 0.15) is 42.2 Å². The molecule has 0 aliphatic heterocycles. The summed E-state index contributed by atoms with van der Waals surface area (Å²) in [5.41, 5.74) is 1.11. The van der Waals surface area contributed by atoms with Gasteiger partial charge in [-0.1, -0.05) is 18.5 Å². The van der Waals surface area contributed by atoms with Gasteiger partial charge in [-0.15, -0.1) is 11.3 Å². The Bertz CT molecular complexity index is 880. The third kappa shape index (κ3) is 6.27. The lowest BCUT2D eigenvalue weighted by atomic mass is 10.2. The van der Waals surface area contributed by atoms with Crippen LogP contribution in [0.3, 0.4) is 0 Å². The summed E-state index contributed by atoms with van der Waals surface area (Å²) in [5, 5.41) is 8.25. The van der Waals surface area contributed by atoms with E-state index in [-0.39, 0.29) is 36.7 Å². The summed E-state index contributed by atoms with van der Waals surface area (Å²) in [6.07, 6.45) is 2.83. The summed E-state index contributed by atoms with van der Waals surface area (Å²) >= 11 is 7.14. The van der Waals surface area contributed by atoms with Crippen LogP contribution in [-0.4, -0.2) is 46.7 Å². The molecule has 1 aromatic carbocycles. The van der Waals surface area contributed by atoms with E-state index in [1.54, 1.807) is 34.5 Å². The number of carbonyl (C=O) groups excluding carboxylic acids is 3. The Morgan fingerprint density at radius 2 is 1.93 bits per heavy atom. The first-order valence-electron chi connectivity index (χ1n) is 9.53. The molecule has 29 heavy (non-hydrogen) atoms. The highest BCUT2D eigenvalue weighted by atomic mass is 35.5. The highest BCUT2D eigenvalue weighted by Gasteiger charge is 2.34. The molecule has 1 saturated carbocycles. The first kappa shape index (κ1) is 21.3. The number of anilines is 1. The lowest BCUT2D eigenvalue weighted by Gasteiger charge is -2.21. The van der Waals surface area contributed by atoms with E-state index in [1.165, 1.54) is 11.3 Å². The highest BCUT2D eigenvalue weighted by molar-refractivity contribution is 7.13. The van der Waals surface area contributed by atoms with Crippen molar-refractivity contribution in [2.75, 3.05) is 18.4 Å². The van der Waals surface area contributed by atoms with Gasteiger partial charge in [-0.3, -0.25) is 14.4 Å². The smallest absolute Gasteiger partial charge is 0.254 e. The normalized spacial score (nSPS) is 13.0. The lowest BCUT2D eigenvalue weighted by molar-refractivity contribution is -0.120. The van der Waals surface area contributed by atoms with E-state index in [0.717, 1.165) is 19.3 Å². The van der Waals surface area contributed by atoms with Crippen LogP contribution in [0.25, 0.3) is 0 Å². The minimum atomic E-state index is -0.310. The largest absolute Gasteiger partial charge is 0.356 e. The van der Waals surface area contributed by atoms with E-state index >= 15 is 0 Å². The summed E-state index contributed by atoms with van der Waals surface area (Å²) in [6.45, 7) is 2.57. The van der Waals surface area contributed by atoms with Gasteiger partial charge in [-0.05, 0) is 43.5 Å². The highest BCUT2D eigenvalue weighted by Crippen LogP contribution is 2.28. The molecule has 2 aromatic rings. The molecule has 1 aliphatic carbocycles. The fourth-order valence-electron chi connectivity index (χ4n) is 2.76. The van der Waals surface area contributed by atoms with Crippen molar-refractivity contribution < 1.29 is 14.4 Å². The minimum absolute atomic E-state index is 0.0436. The maximum Gasteiger partial charge on any atom is 0.254 e. The fraction of sp³-hybridized carbons (Fsp3) is 0.400. The maximum absolute atomic E-state index is 12.8. The Morgan fingerprint density at radius 3 is 2.59 bits per heavy atom. The zero-order valence-electron chi connectivity index (χ0n) is 16.1. The van der Waals surface area contributed by atoms with E-state index in [0.29, 0.717) is 28.0 Å². The average molecular weight is 435 g/mol. The molecule has 0 spiro atoms. The zero-order chi connectivity index (χ0) is 20.8. The number of nitrogens with one attached hydrogen (secondary N) is 2. The van der Waals surface area contributed by atoms with Crippen LogP contribution in [0.15, 0.2) is 29.6 Å². The molecule has 1 aromatic heterocycles. The Balaban J connectivity index is 1.56. The number of aromatic nitrogens is 1. The first-order valence-corrected chi connectivity index (χ1v) is 10.8. The third-order valence-electron chi connectivity index (χ3n) is 4.37. The van der Waals surface area contributed by atoms with Crippen molar-refractivity contribution in [1.29, 1.82) is 0 Å². The van der Waals surface area contributed by atoms with E-state index in [9.17, 15) is 14.4 Å². The minimum Gasteiger partial charge on any atom is -0.356 e. The zero-order valence-corrected chi connectivity index (χ0v) is 17.7. The molecule has 0 atom stereocenters. The van der Waals surface area contributed by atoms with Crippen molar-refractivity contribution in [3.8, 4) is 0 Å². The van der Waals surface area contributed by atoms with Gasteiger partial charge in [0.15, 0.2) is 5.13 Å². The Hall–Kier alpha value is -2.45. The quantitative estimate of drug-likeness (QED) is 0.634. The van der Waals surface area contributed by atoms with E-state index in [2.05, 4.69) is 15.6 Å². The molecule has 154 valence electrons. The lowest BCUT2D eigenvalue weighted by Crippen LogP contribution is -2.39. The number of thiazole rings is 1. The molecule has 7 nitrogen and oxygen atoms in total. The van der Waals surface area contributed by atoms with Crippen LogP contribution >= 0.6 is 22.9 Å². The molecular formula is C20H23ClN4O3S. The topological polar surface area (TPSA) is 91.4 Å². The molecule has 0 bridgehead atoms. The molecule has 1 aliphatic rings. The van der Waals surface area contributed by atoms with Crippen LogP contribution in [0, 0.1) is 0 Å². The third-order valence-corrected chi connectivity index (χ3v) is 5.42. The first-order chi connectivity index (χ1) is 14.0. The van der Waals surface area contributed by atoms with Gasteiger partial charge in [0.25, 0.3) is 5.91 Å². The number of nitrogens with zero attached hydrogens (tertiary/aromatic N) is 2. The fourth-order valence-corrected chi connectivity index (χ4v) is 3.61. The number of carbonyl (C=O) groups is 3. The van der Waals surface area contributed by atoms with Gasteiger partial charge < -0.3 is 15.5 Å². The molecule has 3 rings (SSSR count). The van der Waals surface area contributed by atoms with Crippen LogP contribution in [0.4, 0.5) is 5.13 Å². The van der Waals surface area contributed by atoms with Crippen molar-refractivity contribution in [1.82, 2.24) is 15.2 Å². The van der Waals surface area contributed by atoms with Gasteiger partial charge in [-0.2, -0.15) is 0 Å². The Kier molecular flexibility index (Phi) is 7.22. The summed E-state index contributed by atoms with van der Waals surface area (Å²) in [4.78, 5) is 42.9. The van der Waals surface area contributed by atoms with Gasteiger partial charge in [0.05, 0.1) is 12.1 Å². The van der Waals surface area contributed by atoms with Gasteiger partial charge in [0, 0.05) is 28.6 Å². The molecular weight excluding hydrogens is 412 g/mol. The number of rotatable bonds is 9. The number of amides is 3. The maximum atomic E-state index is 12.8. The molecule has 1 fully saturated rings. The second-order valence-corrected chi connectivity index (χ2v) is 8.18. The predicted octanol–water partition coefficient (Wildman–Crippen LogP) is 3.11. The molecule has 9 heteroatoms. The van der Waals surface area contributed by atoms with Crippen LogP contribution in [-0.2, 0) is 16.0 Å². The molecule has 3 amide bonds. The van der Waals surface area contributed by atoms with Gasteiger partial charge >= 0.3 is 0 Å². The van der Waals surface area contributed by atoms with Gasteiger partial charge in [0.1, 0.15) is 6.54 Å². The van der Waals surface area contributed by atoms with Crippen LogP contribution in [0.2, 0.25) is 5.02 Å². The van der Waals surface area contributed by atoms with Crippen LogP contribution < -0.4 is 10.6 Å². The SMILES string of the molecule is CCCNC(=O)Cc1csc(NC(=O)CN(C(=O)c2ccc(Cl)cc2)C2CC2)n1. The molecule has 0 saturated heterocycles. The number of halogens is 1. The predicted molar refractivity (Wildman–Crippen MR) is 113 cm³/mol. The van der Waals surface area contributed by atoms with Crippen molar-refractivity contribution >= 4 is 45.8 Å². The van der Waals surface area contributed by atoms with E-state index < -0.39 is 0 Å². The van der Waals surface area contributed by atoms with Gasteiger partial charge in [-0.25, -0.2) is 4.98 Å². The van der Waals surface area contributed by atoms with Crippen molar-refractivity contribution in [2.24, 2.45) is 0 Å². The van der Waals surface area contributed by atoms with Crippen molar-refractivity contribution in [2.45, 2.75) is 38.6 Å². The van der Waals surface area contributed by atoms with Gasteiger partial charge in [0.2, 0.25) is 11.8 Å². The number of hydrogen-bond donors (Lipinski definition) is 2. The summed E-state index contributed by atoms with van der Waals surface area (Å²) in [7, 11) is 0. The second-order valence-electron chi connectivity index (χ2n) is 6.89. The van der Waals surface area contributed by atoms with Crippen LogP contribution in [0.5, 0.6) is 0 Å². The summed E-state index contributed by atoms with van der Waals surface area (Å²) < 4.78 is 0. The van der Waals surface area contributed by atoms with E-state index in [4.69, 9.17) is 11.6 Å². The Labute approximate surface area is 178 Å². The number of benzene rings is 1. The standard InChI is InChI=1S/C20H23ClN4O3S/c1-2-9-22-17(26)10-15-12-29-20(23-15)24-18(27)11-25(16-7-8-16)19(28)13-3-5-14(21)6-4-13/h3-6,12,16H,2,7-11H2,1H3,(H,22,26)(H,23,24,27). The molecule has 1 heterocycles. The Morgan fingerprint density at radius 1 is 1.21 bits per heavy atom. The summed E-state index contributed by atoms with van der Waals surface area (Å²) in [6, 6.07) is 6.73. The average Bonchev–Trinajstić information content (AvgIpc) is 3.45. The van der Waals surface area contributed by atoms with Crippen molar-refractivity contribution in [3.63, 3.8) is 0 Å².